The number of hydrogen-bond acceptors (Lipinski definition) is 2. The van der Waals surface area contributed by atoms with Crippen molar-refractivity contribution in [1.82, 2.24) is 0 Å². The van der Waals surface area contributed by atoms with Crippen molar-refractivity contribution in [3.05, 3.63) is 59.9 Å². The van der Waals surface area contributed by atoms with Gasteiger partial charge in [-0.15, -0.1) is 0 Å². The molecule has 2 aromatic carbocycles. The zero-order chi connectivity index (χ0) is 14.5. The van der Waals surface area contributed by atoms with E-state index in [-0.39, 0.29) is 5.82 Å². The number of carbonyl (C=O) groups excluding carboxylic acids is 1. The second kappa shape index (κ2) is 6.16. The van der Waals surface area contributed by atoms with Crippen LogP contribution in [0.25, 0.3) is 0 Å². The molecule has 0 spiro atoms. The Balaban J connectivity index is 2.07. The number of amides is 2. The van der Waals surface area contributed by atoms with Gasteiger partial charge in [0, 0.05) is 16.9 Å². The van der Waals surface area contributed by atoms with Gasteiger partial charge in [-0.1, -0.05) is 18.2 Å². The average molecular weight is 274 g/mol. The quantitative estimate of drug-likeness (QED) is 0.802. The molecule has 0 aliphatic heterocycles. The zero-order valence-corrected chi connectivity index (χ0v) is 10.9. The Hall–Kier alpha value is -2.40. The molecule has 1 atom stereocenters. The first-order valence-corrected chi connectivity index (χ1v) is 6.17. The summed E-state index contributed by atoms with van der Waals surface area (Å²) in [5.74, 6) is -0.365. The minimum Gasteiger partial charge on any atom is -0.389 e. The molecule has 0 radical (unpaired) electrons. The van der Waals surface area contributed by atoms with E-state index in [0.717, 1.165) is 0 Å². The van der Waals surface area contributed by atoms with E-state index >= 15 is 0 Å². The van der Waals surface area contributed by atoms with E-state index in [1.54, 1.807) is 31.2 Å². The summed E-state index contributed by atoms with van der Waals surface area (Å²) < 4.78 is 12.8. The lowest BCUT2D eigenvalue weighted by atomic mass is 10.1. The third kappa shape index (κ3) is 3.55. The summed E-state index contributed by atoms with van der Waals surface area (Å²) in [4.78, 5) is 11.8. The summed E-state index contributed by atoms with van der Waals surface area (Å²) in [6, 6.07) is 12.0. The third-order valence-corrected chi connectivity index (χ3v) is 2.76. The van der Waals surface area contributed by atoms with Gasteiger partial charge < -0.3 is 15.7 Å². The van der Waals surface area contributed by atoms with E-state index in [1.807, 2.05) is 0 Å². The molecule has 2 aromatic rings. The highest BCUT2D eigenvalue weighted by Gasteiger charge is 2.10. The number of aliphatic hydroxyl groups excluding tert-OH is 1. The van der Waals surface area contributed by atoms with E-state index in [0.29, 0.717) is 16.9 Å². The Kier molecular flexibility index (Phi) is 4.32. The molecule has 0 aliphatic carbocycles. The molecule has 3 N–H and O–H groups in total. The molecule has 0 saturated heterocycles. The van der Waals surface area contributed by atoms with Gasteiger partial charge in [0.2, 0.25) is 0 Å². The minimum absolute atomic E-state index is 0.365. The molecule has 104 valence electrons. The summed E-state index contributed by atoms with van der Waals surface area (Å²) >= 11 is 0. The van der Waals surface area contributed by atoms with Crippen LogP contribution in [0, 0.1) is 5.82 Å². The van der Waals surface area contributed by atoms with Gasteiger partial charge in [-0.2, -0.15) is 0 Å². The van der Waals surface area contributed by atoms with E-state index < -0.39 is 12.1 Å². The second-order valence-electron chi connectivity index (χ2n) is 4.35. The van der Waals surface area contributed by atoms with Crippen LogP contribution in [0.5, 0.6) is 0 Å². The fourth-order valence-corrected chi connectivity index (χ4v) is 1.79. The molecule has 0 aliphatic rings. The van der Waals surface area contributed by atoms with Crippen LogP contribution in [-0.4, -0.2) is 11.1 Å². The Morgan fingerprint density at radius 1 is 1.10 bits per heavy atom. The number of benzene rings is 2. The van der Waals surface area contributed by atoms with Crippen molar-refractivity contribution < 1.29 is 14.3 Å². The lowest BCUT2D eigenvalue weighted by Gasteiger charge is -2.13. The Morgan fingerprint density at radius 3 is 2.40 bits per heavy atom. The number of anilines is 2. The van der Waals surface area contributed by atoms with Crippen molar-refractivity contribution in [2.45, 2.75) is 13.0 Å². The maximum absolute atomic E-state index is 12.8. The molecule has 4 nitrogen and oxygen atoms in total. The van der Waals surface area contributed by atoms with Crippen LogP contribution < -0.4 is 10.6 Å². The summed E-state index contributed by atoms with van der Waals surface area (Å²) in [6.07, 6.45) is -0.683. The first-order valence-electron chi connectivity index (χ1n) is 6.17. The van der Waals surface area contributed by atoms with Crippen LogP contribution in [-0.2, 0) is 0 Å². The maximum Gasteiger partial charge on any atom is 0.323 e. The van der Waals surface area contributed by atoms with E-state index in [4.69, 9.17) is 0 Å². The summed E-state index contributed by atoms with van der Waals surface area (Å²) in [5.41, 5.74) is 1.64. The SMILES string of the molecule is CC(O)c1ccccc1NC(=O)Nc1ccc(F)cc1. The molecular formula is C15H15FN2O2. The molecule has 0 heterocycles. The van der Waals surface area contributed by atoms with E-state index in [9.17, 15) is 14.3 Å². The molecule has 0 fully saturated rings. The number of carbonyl (C=O) groups is 1. The second-order valence-corrected chi connectivity index (χ2v) is 4.35. The van der Waals surface area contributed by atoms with Crippen LogP contribution in [0.2, 0.25) is 0 Å². The fraction of sp³-hybridized carbons (Fsp3) is 0.133. The number of hydrogen-bond donors (Lipinski definition) is 3. The standard InChI is InChI=1S/C15H15FN2O2/c1-10(19)13-4-2-3-5-14(13)18-15(20)17-12-8-6-11(16)7-9-12/h2-10,19H,1H3,(H2,17,18,20). The van der Waals surface area contributed by atoms with Crippen LogP contribution in [0.4, 0.5) is 20.6 Å². The molecule has 0 saturated carbocycles. The lowest BCUT2D eigenvalue weighted by molar-refractivity contribution is 0.200. The highest BCUT2D eigenvalue weighted by molar-refractivity contribution is 6.00. The first kappa shape index (κ1) is 14.0. The van der Waals surface area contributed by atoms with Crippen LogP contribution in [0.1, 0.15) is 18.6 Å². The highest BCUT2D eigenvalue weighted by Crippen LogP contribution is 2.22. The van der Waals surface area contributed by atoms with Crippen molar-refractivity contribution in [3.63, 3.8) is 0 Å². The van der Waals surface area contributed by atoms with Crippen LogP contribution in [0.3, 0.4) is 0 Å². The van der Waals surface area contributed by atoms with Crippen molar-refractivity contribution in [2.24, 2.45) is 0 Å². The fourth-order valence-electron chi connectivity index (χ4n) is 1.79. The monoisotopic (exact) mass is 274 g/mol. The first-order chi connectivity index (χ1) is 9.56. The van der Waals surface area contributed by atoms with Crippen LogP contribution in [0.15, 0.2) is 48.5 Å². The maximum atomic E-state index is 12.8. The largest absolute Gasteiger partial charge is 0.389 e. The molecule has 1 unspecified atom stereocenters. The smallest absolute Gasteiger partial charge is 0.323 e. The predicted molar refractivity (Wildman–Crippen MR) is 76.1 cm³/mol. The zero-order valence-electron chi connectivity index (χ0n) is 10.9. The topological polar surface area (TPSA) is 61.4 Å². The van der Waals surface area contributed by atoms with Gasteiger partial charge in [0.05, 0.1) is 6.10 Å². The van der Waals surface area contributed by atoms with Crippen molar-refractivity contribution in [2.75, 3.05) is 10.6 Å². The van der Waals surface area contributed by atoms with E-state index in [2.05, 4.69) is 10.6 Å². The predicted octanol–water partition coefficient (Wildman–Crippen LogP) is 3.52. The van der Waals surface area contributed by atoms with Crippen molar-refractivity contribution in [3.8, 4) is 0 Å². The number of nitrogens with one attached hydrogen (secondary N) is 2. The van der Waals surface area contributed by atoms with Gasteiger partial charge in [0.15, 0.2) is 0 Å². The highest BCUT2D eigenvalue weighted by atomic mass is 19.1. The molecule has 2 rings (SSSR count). The molecule has 20 heavy (non-hydrogen) atoms. The summed E-state index contributed by atoms with van der Waals surface area (Å²) in [7, 11) is 0. The molecule has 0 aromatic heterocycles. The molecule has 2 amide bonds. The van der Waals surface area contributed by atoms with Gasteiger partial charge in [-0.05, 0) is 37.3 Å². The van der Waals surface area contributed by atoms with Gasteiger partial charge in [0.1, 0.15) is 5.82 Å². The number of halogens is 1. The Morgan fingerprint density at radius 2 is 1.75 bits per heavy atom. The van der Waals surface area contributed by atoms with E-state index in [1.165, 1.54) is 24.3 Å². The summed E-state index contributed by atoms with van der Waals surface area (Å²) in [5, 5.41) is 14.9. The Bertz CT molecular complexity index is 597. The third-order valence-electron chi connectivity index (χ3n) is 2.76. The lowest BCUT2D eigenvalue weighted by Crippen LogP contribution is -2.20. The van der Waals surface area contributed by atoms with Crippen molar-refractivity contribution in [1.29, 1.82) is 0 Å². The van der Waals surface area contributed by atoms with Gasteiger partial charge >= 0.3 is 6.03 Å². The summed E-state index contributed by atoms with van der Waals surface area (Å²) in [6.45, 7) is 1.62. The normalized spacial score (nSPS) is 11.8. The van der Waals surface area contributed by atoms with Gasteiger partial charge in [0.25, 0.3) is 0 Å². The number of para-hydroxylation sites is 1. The molecule has 0 bridgehead atoms. The molecular weight excluding hydrogens is 259 g/mol. The molecule has 5 heteroatoms. The van der Waals surface area contributed by atoms with Gasteiger partial charge in [-0.25, -0.2) is 9.18 Å². The Labute approximate surface area is 116 Å². The minimum atomic E-state index is -0.683. The average Bonchev–Trinajstić information content (AvgIpc) is 2.41. The number of aliphatic hydroxyl groups is 1. The number of rotatable bonds is 3. The number of urea groups is 1. The van der Waals surface area contributed by atoms with Gasteiger partial charge in [-0.3, -0.25) is 0 Å². The van der Waals surface area contributed by atoms with Crippen LogP contribution >= 0.6 is 0 Å². The van der Waals surface area contributed by atoms with Crippen molar-refractivity contribution >= 4 is 17.4 Å².